The van der Waals surface area contributed by atoms with Gasteiger partial charge in [0.05, 0.1) is 11.2 Å². The molecule has 0 aliphatic carbocycles. The summed E-state index contributed by atoms with van der Waals surface area (Å²) in [6, 6.07) is 12.5. The third-order valence-electron chi connectivity index (χ3n) is 2.39. The minimum Gasteiger partial charge on any atom is -0.252 e. The molecule has 0 N–H and O–H groups in total. The van der Waals surface area contributed by atoms with Crippen LogP contribution in [0.1, 0.15) is 17.9 Å². The summed E-state index contributed by atoms with van der Waals surface area (Å²) in [4.78, 5) is 4.63. The number of thioether (sulfide) groups is 1. The first kappa shape index (κ1) is 9.53. The summed E-state index contributed by atoms with van der Waals surface area (Å²) in [7, 11) is 0. The second kappa shape index (κ2) is 4.01. The number of fused-ring (bicyclic) bond motifs is 1. The van der Waals surface area contributed by atoms with Gasteiger partial charge in [0, 0.05) is 10.6 Å². The summed E-state index contributed by atoms with van der Waals surface area (Å²) in [5.41, 5.74) is 2.25. The Hall–Kier alpha value is -1.02. The average molecular weight is 203 g/mol. The van der Waals surface area contributed by atoms with E-state index in [4.69, 9.17) is 0 Å². The van der Waals surface area contributed by atoms with Crippen molar-refractivity contribution in [1.29, 1.82) is 0 Å². The molecule has 1 aromatic carbocycles. The van der Waals surface area contributed by atoms with Crippen LogP contribution in [0.15, 0.2) is 36.4 Å². The third-order valence-corrected chi connectivity index (χ3v) is 3.34. The highest BCUT2D eigenvalue weighted by atomic mass is 32.2. The molecule has 2 heteroatoms. The summed E-state index contributed by atoms with van der Waals surface area (Å²) < 4.78 is 0. The van der Waals surface area contributed by atoms with E-state index in [0.29, 0.717) is 5.25 Å². The van der Waals surface area contributed by atoms with Crippen molar-refractivity contribution >= 4 is 22.7 Å². The normalized spacial score (nSPS) is 13.0. The minimum atomic E-state index is 0.472. The van der Waals surface area contributed by atoms with E-state index in [2.05, 4.69) is 42.4 Å². The van der Waals surface area contributed by atoms with Gasteiger partial charge in [0.15, 0.2) is 0 Å². The maximum absolute atomic E-state index is 4.63. The van der Waals surface area contributed by atoms with Crippen molar-refractivity contribution in [3.63, 3.8) is 0 Å². The number of pyridine rings is 1. The van der Waals surface area contributed by atoms with Crippen molar-refractivity contribution in [2.24, 2.45) is 0 Å². The minimum absolute atomic E-state index is 0.472. The van der Waals surface area contributed by atoms with E-state index in [1.165, 1.54) is 5.39 Å². The number of rotatable bonds is 2. The van der Waals surface area contributed by atoms with Gasteiger partial charge in [-0.05, 0) is 25.3 Å². The number of hydrogen-bond acceptors (Lipinski definition) is 2. The second-order valence-corrected chi connectivity index (χ2v) is 4.49. The van der Waals surface area contributed by atoms with Crippen LogP contribution < -0.4 is 0 Å². The van der Waals surface area contributed by atoms with Crippen molar-refractivity contribution in [3.8, 4) is 0 Å². The van der Waals surface area contributed by atoms with Gasteiger partial charge in [-0.15, -0.1) is 0 Å². The lowest BCUT2D eigenvalue weighted by Crippen LogP contribution is -1.92. The summed E-state index contributed by atoms with van der Waals surface area (Å²) >= 11 is 1.82. The molecule has 1 nitrogen and oxygen atoms in total. The number of nitrogens with zero attached hydrogens (tertiary/aromatic N) is 1. The largest absolute Gasteiger partial charge is 0.252 e. The molecule has 0 aliphatic heterocycles. The first-order chi connectivity index (χ1) is 6.81. The summed E-state index contributed by atoms with van der Waals surface area (Å²) in [5.74, 6) is 0. The molecule has 72 valence electrons. The van der Waals surface area contributed by atoms with Crippen LogP contribution in [0.25, 0.3) is 10.9 Å². The van der Waals surface area contributed by atoms with Gasteiger partial charge in [0.1, 0.15) is 0 Å². The molecule has 1 aromatic heterocycles. The lowest BCUT2D eigenvalue weighted by Gasteiger charge is -2.07. The van der Waals surface area contributed by atoms with Gasteiger partial charge < -0.3 is 0 Å². The van der Waals surface area contributed by atoms with Gasteiger partial charge in [0.2, 0.25) is 0 Å². The summed E-state index contributed by atoms with van der Waals surface area (Å²) in [6.45, 7) is 2.18. The number of para-hydroxylation sites is 1. The Balaban J connectivity index is 2.51. The average Bonchev–Trinajstić information content (AvgIpc) is 2.27. The molecule has 0 spiro atoms. The molecule has 0 fully saturated rings. The Morgan fingerprint density at radius 3 is 2.71 bits per heavy atom. The van der Waals surface area contributed by atoms with Gasteiger partial charge in [-0.25, -0.2) is 0 Å². The lowest BCUT2D eigenvalue weighted by atomic mass is 10.2. The monoisotopic (exact) mass is 203 g/mol. The topological polar surface area (TPSA) is 12.9 Å². The van der Waals surface area contributed by atoms with E-state index >= 15 is 0 Å². The first-order valence-corrected chi connectivity index (χ1v) is 5.98. The second-order valence-electron chi connectivity index (χ2n) is 3.31. The number of hydrogen-bond donors (Lipinski definition) is 0. The molecule has 0 saturated carbocycles. The summed E-state index contributed by atoms with van der Waals surface area (Å²) in [6.07, 6.45) is 2.11. The predicted octanol–water partition coefficient (Wildman–Crippen LogP) is 3.66. The molecular formula is C12H13NS. The Morgan fingerprint density at radius 1 is 1.14 bits per heavy atom. The van der Waals surface area contributed by atoms with Crippen molar-refractivity contribution in [3.05, 3.63) is 42.1 Å². The SMILES string of the molecule is CSC(C)c1ccc2ccccc2n1. The molecule has 0 bridgehead atoms. The molecule has 0 saturated heterocycles. The third kappa shape index (κ3) is 1.75. The molecule has 0 aliphatic rings. The predicted molar refractivity (Wildman–Crippen MR) is 63.7 cm³/mol. The van der Waals surface area contributed by atoms with Gasteiger partial charge in [-0.2, -0.15) is 11.8 Å². The Labute approximate surface area is 88.6 Å². The van der Waals surface area contributed by atoms with E-state index in [1.807, 2.05) is 23.9 Å². The molecule has 1 unspecified atom stereocenters. The number of benzene rings is 1. The van der Waals surface area contributed by atoms with E-state index < -0.39 is 0 Å². The standard InChI is InChI=1S/C12H13NS/c1-9(14-2)11-8-7-10-5-3-4-6-12(10)13-11/h3-9H,1-2H3. The van der Waals surface area contributed by atoms with Crippen LogP contribution in [0.4, 0.5) is 0 Å². The van der Waals surface area contributed by atoms with Gasteiger partial charge in [-0.3, -0.25) is 4.98 Å². The van der Waals surface area contributed by atoms with E-state index in [1.54, 1.807) is 0 Å². The van der Waals surface area contributed by atoms with Crippen molar-refractivity contribution in [2.75, 3.05) is 6.26 Å². The van der Waals surface area contributed by atoms with Crippen molar-refractivity contribution < 1.29 is 0 Å². The molecule has 2 aromatic rings. The molecule has 14 heavy (non-hydrogen) atoms. The van der Waals surface area contributed by atoms with Gasteiger partial charge >= 0.3 is 0 Å². The van der Waals surface area contributed by atoms with Crippen molar-refractivity contribution in [1.82, 2.24) is 4.98 Å². The lowest BCUT2D eigenvalue weighted by molar-refractivity contribution is 1.03. The van der Waals surface area contributed by atoms with E-state index in [-0.39, 0.29) is 0 Å². The van der Waals surface area contributed by atoms with Crippen LogP contribution in [-0.4, -0.2) is 11.2 Å². The van der Waals surface area contributed by atoms with Crippen LogP contribution >= 0.6 is 11.8 Å². The fourth-order valence-electron chi connectivity index (χ4n) is 1.43. The van der Waals surface area contributed by atoms with E-state index in [9.17, 15) is 0 Å². The molecule has 0 radical (unpaired) electrons. The van der Waals surface area contributed by atoms with Crippen molar-refractivity contribution in [2.45, 2.75) is 12.2 Å². The molecule has 2 rings (SSSR count). The van der Waals surface area contributed by atoms with E-state index in [0.717, 1.165) is 11.2 Å². The molecule has 1 heterocycles. The quantitative estimate of drug-likeness (QED) is 0.738. The van der Waals surface area contributed by atoms with Gasteiger partial charge in [0.25, 0.3) is 0 Å². The molecule has 0 amide bonds. The van der Waals surface area contributed by atoms with Gasteiger partial charge in [-0.1, -0.05) is 24.3 Å². The summed E-state index contributed by atoms with van der Waals surface area (Å²) in [5, 5.41) is 1.68. The maximum atomic E-state index is 4.63. The Bertz CT molecular complexity index is 439. The highest BCUT2D eigenvalue weighted by Crippen LogP contribution is 2.25. The first-order valence-electron chi connectivity index (χ1n) is 4.70. The molecular weight excluding hydrogens is 190 g/mol. The zero-order chi connectivity index (χ0) is 9.97. The molecule has 1 atom stereocenters. The van der Waals surface area contributed by atoms with Crippen LogP contribution in [0.3, 0.4) is 0 Å². The smallest absolute Gasteiger partial charge is 0.0705 e. The Morgan fingerprint density at radius 2 is 1.93 bits per heavy atom. The van der Waals surface area contributed by atoms with Crippen LogP contribution in [0.2, 0.25) is 0 Å². The maximum Gasteiger partial charge on any atom is 0.0705 e. The highest BCUT2D eigenvalue weighted by Gasteiger charge is 2.04. The highest BCUT2D eigenvalue weighted by molar-refractivity contribution is 7.98. The Kier molecular flexibility index (Phi) is 2.73. The number of aromatic nitrogens is 1. The van der Waals surface area contributed by atoms with Crippen LogP contribution in [0, 0.1) is 0 Å². The zero-order valence-electron chi connectivity index (χ0n) is 8.40. The fraction of sp³-hybridized carbons (Fsp3) is 0.250. The fourth-order valence-corrected chi connectivity index (χ4v) is 1.80. The van der Waals surface area contributed by atoms with Crippen LogP contribution in [0.5, 0.6) is 0 Å². The van der Waals surface area contributed by atoms with Crippen LogP contribution in [-0.2, 0) is 0 Å². The zero-order valence-corrected chi connectivity index (χ0v) is 9.21.